The first-order valence-corrected chi connectivity index (χ1v) is 9.13. The monoisotopic (exact) mass is 370 g/mol. The molecule has 2 aliphatic heterocycles. The minimum atomic E-state index is -0.409. The molecule has 0 amide bonds. The maximum atomic E-state index is 12.3. The number of carbonyl (C=O) groups is 1. The van der Waals surface area contributed by atoms with Gasteiger partial charge in [-0.3, -0.25) is 0 Å². The lowest BCUT2D eigenvalue weighted by Gasteiger charge is -2.25. The van der Waals surface area contributed by atoms with Crippen molar-refractivity contribution in [3.63, 3.8) is 0 Å². The molecule has 2 aromatic carbocycles. The van der Waals surface area contributed by atoms with Crippen molar-refractivity contribution in [1.29, 1.82) is 0 Å². The van der Waals surface area contributed by atoms with E-state index in [0.717, 1.165) is 37.7 Å². The molecule has 27 heavy (non-hydrogen) atoms. The van der Waals surface area contributed by atoms with Crippen LogP contribution in [0.15, 0.2) is 48.5 Å². The lowest BCUT2D eigenvalue weighted by molar-refractivity contribution is -0.0508. The first-order chi connectivity index (χ1) is 13.3. The fourth-order valence-corrected chi connectivity index (χ4v) is 2.59. The van der Waals surface area contributed by atoms with E-state index in [0.29, 0.717) is 36.5 Å². The SMILES string of the molecule is O=C(Oc1ccc(OCCC2CO2)cc1)c1ccc(OCC2COC2)cc1. The van der Waals surface area contributed by atoms with Crippen molar-refractivity contribution < 1.29 is 28.5 Å². The first kappa shape index (κ1) is 17.8. The summed E-state index contributed by atoms with van der Waals surface area (Å²) in [6.07, 6.45) is 1.25. The molecule has 0 aliphatic carbocycles. The van der Waals surface area contributed by atoms with Gasteiger partial charge in [0.2, 0.25) is 0 Å². The molecular weight excluding hydrogens is 348 g/mol. The zero-order valence-electron chi connectivity index (χ0n) is 15.0. The van der Waals surface area contributed by atoms with Crippen LogP contribution in [0.1, 0.15) is 16.8 Å². The highest BCUT2D eigenvalue weighted by molar-refractivity contribution is 5.91. The van der Waals surface area contributed by atoms with Gasteiger partial charge in [0.1, 0.15) is 17.2 Å². The second kappa shape index (κ2) is 8.41. The highest BCUT2D eigenvalue weighted by atomic mass is 16.6. The van der Waals surface area contributed by atoms with Gasteiger partial charge in [0.15, 0.2) is 0 Å². The van der Waals surface area contributed by atoms with Crippen LogP contribution in [-0.2, 0) is 9.47 Å². The molecule has 4 rings (SSSR count). The Hall–Kier alpha value is -2.57. The summed E-state index contributed by atoms with van der Waals surface area (Å²) in [7, 11) is 0. The summed E-state index contributed by atoms with van der Waals surface area (Å²) >= 11 is 0. The third-order valence-electron chi connectivity index (χ3n) is 4.43. The summed E-state index contributed by atoms with van der Waals surface area (Å²) in [5, 5.41) is 0. The van der Waals surface area contributed by atoms with E-state index in [9.17, 15) is 4.79 Å². The van der Waals surface area contributed by atoms with E-state index < -0.39 is 5.97 Å². The summed E-state index contributed by atoms with van der Waals surface area (Å²) in [4.78, 5) is 12.3. The maximum Gasteiger partial charge on any atom is 0.343 e. The Labute approximate surface area is 157 Å². The van der Waals surface area contributed by atoms with Gasteiger partial charge in [-0.15, -0.1) is 0 Å². The summed E-state index contributed by atoms with van der Waals surface area (Å²) in [5.41, 5.74) is 0.471. The average Bonchev–Trinajstić information content (AvgIpc) is 3.47. The lowest BCUT2D eigenvalue weighted by atomic mass is 10.1. The standard InChI is InChI=1S/C21H22O6/c22-21(16-1-3-18(4-2-16)25-13-15-11-23-12-15)27-19-7-5-17(6-8-19)24-10-9-20-14-26-20/h1-8,15,20H,9-14H2. The number of ether oxygens (including phenoxy) is 5. The molecular formula is C21H22O6. The smallest absolute Gasteiger partial charge is 0.343 e. The highest BCUT2D eigenvalue weighted by Gasteiger charge is 2.21. The predicted octanol–water partition coefficient (Wildman–Crippen LogP) is 3.10. The van der Waals surface area contributed by atoms with Crippen molar-refractivity contribution >= 4 is 5.97 Å². The van der Waals surface area contributed by atoms with Crippen LogP contribution in [0.4, 0.5) is 0 Å². The second-order valence-electron chi connectivity index (χ2n) is 6.69. The molecule has 2 aliphatic rings. The molecule has 6 nitrogen and oxygen atoms in total. The predicted molar refractivity (Wildman–Crippen MR) is 97.5 cm³/mol. The Bertz CT molecular complexity index is 747. The second-order valence-corrected chi connectivity index (χ2v) is 6.69. The molecule has 1 atom stereocenters. The van der Waals surface area contributed by atoms with Crippen molar-refractivity contribution in [3.05, 3.63) is 54.1 Å². The minimum absolute atomic E-state index is 0.356. The first-order valence-electron chi connectivity index (χ1n) is 9.13. The molecule has 2 fully saturated rings. The van der Waals surface area contributed by atoms with Gasteiger partial charge in [-0.25, -0.2) is 4.79 Å². The van der Waals surface area contributed by atoms with E-state index in [2.05, 4.69) is 0 Å². The van der Waals surface area contributed by atoms with Crippen molar-refractivity contribution in [2.75, 3.05) is 33.0 Å². The van der Waals surface area contributed by atoms with Crippen molar-refractivity contribution in [3.8, 4) is 17.2 Å². The van der Waals surface area contributed by atoms with Gasteiger partial charge in [0.25, 0.3) is 0 Å². The molecule has 2 heterocycles. The van der Waals surface area contributed by atoms with Crippen LogP contribution in [-0.4, -0.2) is 45.1 Å². The van der Waals surface area contributed by atoms with Crippen LogP contribution < -0.4 is 14.2 Å². The molecule has 2 aromatic rings. The highest BCUT2D eigenvalue weighted by Crippen LogP contribution is 2.21. The van der Waals surface area contributed by atoms with E-state index in [1.807, 2.05) is 0 Å². The minimum Gasteiger partial charge on any atom is -0.493 e. The molecule has 0 spiro atoms. The number of epoxide rings is 1. The third kappa shape index (κ3) is 5.21. The molecule has 1 unspecified atom stereocenters. The molecule has 6 heteroatoms. The molecule has 142 valence electrons. The zero-order chi connectivity index (χ0) is 18.5. The Morgan fingerprint density at radius 2 is 1.52 bits per heavy atom. The molecule has 0 saturated carbocycles. The van der Waals surface area contributed by atoms with Crippen molar-refractivity contribution in [1.82, 2.24) is 0 Å². The summed E-state index contributed by atoms with van der Waals surface area (Å²) in [5.74, 6) is 2.01. The fourth-order valence-electron chi connectivity index (χ4n) is 2.59. The number of esters is 1. The van der Waals surface area contributed by atoms with E-state index in [1.165, 1.54) is 0 Å². The zero-order valence-corrected chi connectivity index (χ0v) is 15.0. The van der Waals surface area contributed by atoms with E-state index >= 15 is 0 Å². The normalized spacial score (nSPS) is 18.4. The third-order valence-corrected chi connectivity index (χ3v) is 4.43. The number of rotatable bonds is 9. The van der Waals surface area contributed by atoms with Crippen molar-refractivity contribution in [2.24, 2.45) is 5.92 Å². The van der Waals surface area contributed by atoms with Crippen molar-refractivity contribution in [2.45, 2.75) is 12.5 Å². The molecule has 0 radical (unpaired) electrons. The number of hydrogen-bond acceptors (Lipinski definition) is 6. The lowest BCUT2D eigenvalue weighted by Crippen LogP contribution is -2.32. The van der Waals surface area contributed by atoms with Gasteiger partial charge in [0, 0.05) is 12.3 Å². The Kier molecular flexibility index (Phi) is 5.55. The van der Waals surface area contributed by atoms with Crippen LogP contribution in [0.3, 0.4) is 0 Å². The van der Waals surface area contributed by atoms with E-state index in [4.69, 9.17) is 23.7 Å². The number of benzene rings is 2. The van der Waals surface area contributed by atoms with Gasteiger partial charge in [-0.1, -0.05) is 0 Å². The van der Waals surface area contributed by atoms with Gasteiger partial charge in [-0.2, -0.15) is 0 Å². The molecule has 0 aromatic heterocycles. The summed E-state index contributed by atoms with van der Waals surface area (Å²) < 4.78 is 27.0. The van der Waals surface area contributed by atoms with E-state index in [-0.39, 0.29) is 0 Å². The van der Waals surface area contributed by atoms with Gasteiger partial charge in [0.05, 0.1) is 44.7 Å². The van der Waals surface area contributed by atoms with Crippen LogP contribution in [0, 0.1) is 5.92 Å². The van der Waals surface area contributed by atoms with Gasteiger partial charge < -0.3 is 23.7 Å². The van der Waals surface area contributed by atoms with Crippen LogP contribution >= 0.6 is 0 Å². The Balaban J connectivity index is 1.24. The topological polar surface area (TPSA) is 66.5 Å². The summed E-state index contributed by atoms with van der Waals surface area (Å²) in [6, 6.07) is 14.0. The number of carbonyl (C=O) groups excluding carboxylic acids is 1. The van der Waals surface area contributed by atoms with Crippen LogP contribution in [0.2, 0.25) is 0 Å². The van der Waals surface area contributed by atoms with Crippen LogP contribution in [0.25, 0.3) is 0 Å². The largest absolute Gasteiger partial charge is 0.493 e. The molecule has 2 saturated heterocycles. The molecule has 0 bridgehead atoms. The average molecular weight is 370 g/mol. The number of hydrogen-bond donors (Lipinski definition) is 0. The van der Waals surface area contributed by atoms with E-state index in [1.54, 1.807) is 48.5 Å². The quantitative estimate of drug-likeness (QED) is 0.384. The fraction of sp³-hybridized carbons (Fsp3) is 0.381. The summed E-state index contributed by atoms with van der Waals surface area (Å²) in [6.45, 7) is 3.59. The maximum absolute atomic E-state index is 12.3. The van der Waals surface area contributed by atoms with Gasteiger partial charge in [-0.05, 0) is 48.5 Å². The Morgan fingerprint density at radius 3 is 2.15 bits per heavy atom. The Morgan fingerprint density at radius 1 is 0.889 bits per heavy atom. The van der Waals surface area contributed by atoms with Gasteiger partial charge >= 0.3 is 5.97 Å². The van der Waals surface area contributed by atoms with Crippen LogP contribution in [0.5, 0.6) is 17.2 Å². The molecule has 0 N–H and O–H groups in total.